The molecule has 2 rings (SSSR count). The molecule has 0 aliphatic rings. The second-order valence-electron chi connectivity index (χ2n) is 5.60. The molecule has 5 nitrogen and oxygen atoms in total. The number of hydrogen-bond donors (Lipinski definition) is 0. The second-order valence-corrected chi connectivity index (χ2v) is 5.60. The molecule has 0 atom stereocenters. The average molecular weight is 336 g/mol. The molecule has 0 heterocycles. The van der Waals surface area contributed by atoms with E-state index in [1.165, 1.54) is 12.1 Å². The molecule has 25 heavy (non-hydrogen) atoms. The van der Waals surface area contributed by atoms with E-state index >= 15 is 0 Å². The Balaban J connectivity index is 2.08. The lowest BCUT2D eigenvalue weighted by Crippen LogP contribution is -1.96. The number of rotatable bonds is 8. The molecule has 0 radical (unpaired) electrons. The van der Waals surface area contributed by atoms with Crippen molar-refractivity contribution in [1.29, 1.82) is 5.26 Å². The summed E-state index contributed by atoms with van der Waals surface area (Å²) in [5.41, 5.74) is 1.97. The Bertz CT molecular complexity index is 772. The van der Waals surface area contributed by atoms with Crippen LogP contribution >= 0.6 is 0 Å². The maximum Gasteiger partial charge on any atom is 0.269 e. The van der Waals surface area contributed by atoms with Crippen molar-refractivity contribution in [2.75, 3.05) is 6.61 Å². The van der Waals surface area contributed by atoms with Gasteiger partial charge in [0, 0.05) is 12.1 Å². The van der Waals surface area contributed by atoms with Gasteiger partial charge in [-0.2, -0.15) is 5.26 Å². The molecule has 0 fully saturated rings. The van der Waals surface area contributed by atoms with Crippen molar-refractivity contribution in [3.63, 3.8) is 0 Å². The first kappa shape index (κ1) is 18.2. The number of unbranched alkanes of at least 4 members (excludes halogenated alkanes) is 2. The van der Waals surface area contributed by atoms with Gasteiger partial charge in [-0.15, -0.1) is 0 Å². The third kappa shape index (κ3) is 5.47. The molecule has 0 aliphatic heterocycles. The van der Waals surface area contributed by atoms with Crippen molar-refractivity contribution < 1.29 is 9.66 Å². The van der Waals surface area contributed by atoms with Gasteiger partial charge in [0.15, 0.2) is 0 Å². The van der Waals surface area contributed by atoms with Gasteiger partial charge >= 0.3 is 0 Å². The van der Waals surface area contributed by atoms with Gasteiger partial charge in [0.05, 0.1) is 23.2 Å². The summed E-state index contributed by atoms with van der Waals surface area (Å²) in [6, 6.07) is 15.6. The number of nitriles is 1. The molecule has 0 aromatic heterocycles. The van der Waals surface area contributed by atoms with Gasteiger partial charge < -0.3 is 4.74 Å². The van der Waals surface area contributed by atoms with Crippen LogP contribution in [-0.4, -0.2) is 11.5 Å². The van der Waals surface area contributed by atoms with Crippen molar-refractivity contribution in [2.45, 2.75) is 26.2 Å². The van der Waals surface area contributed by atoms with Crippen LogP contribution in [0.1, 0.15) is 37.3 Å². The van der Waals surface area contributed by atoms with Crippen LogP contribution in [0.4, 0.5) is 5.69 Å². The highest BCUT2D eigenvalue weighted by Crippen LogP contribution is 2.22. The van der Waals surface area contributed by atoms with Gasteiger partial charge in [0.1, 0.15) is 5.75 Å². The summed E-state index contributed by atoms with van der Waals surface area (Å²) >= 11 is 0. The topological polar surface area (TPSA) is 76.2 Å². The molecule has 0 amide bonds. The van der Waals surface area contributed by atoms with Crippen LogP contribution in [0.15, 0.2) is 48.5 Å². The van der Waals surface area contributed by atoms with Crippen LogP contribution in [-0.2, 0) is 0 Å². The molecule has 0 spiro atoms. The quantitative estimate of drug-likeness (QED) is 0.217. The highest BCUT2D eigenvalue weighted by molar-refractivity contribution is 5.89. The number of allylic oxidation sites excluding steroid dienone is 1. The number of benzene rings is 2. The van der Waals surface area contributed by atoms with Crippen LogP contribution in [0.5, 0.6) is 5.75 Å². The van der Waals surface area contributed by atoms with Gasteiger partial charge in [0.25, 0.3) is 5.69 Å². The molecule has 0 saturated heterocycles. The Morgan fingerprint density at radius 2 is 1.84 bits per heavy atom. The Kier molecular flexibility index (Phi) is 6.73. The molecule has 0 N–H and O–H groups in total. The minimum absolute atomic E-state index is 0.00520. The molecule has 0 saturated carbocycles. The van der Waals surface area contributed by atoms with Crippen molar-refractivity contribution in [1.82, 2.24) is 0 Å². The van der Waals surface area contributed by atoms with Crippen LogP contribution < -0.4 is 4.74 Å². The van der Waals surface area contributed by atoms with E-state index < -0.39 is 4.92 Å². The molecule has 128 valence electrons. The van der Waals surface area contributed by atoms with Gasteiger partial charge in [-0.3, -0.25) is 10.1 Å². The maximum atomic E-state index is 10.7. The number of hydrogen-bond acceptors (Lipinski definition) is 4. The smallest absolute Gasteiger partial charge is 0.269 e. The molecular formula is C20H20N2O3. The lowest BCUT2D eigenvalue weighted by molar-refractivity contribution is -0.384. The van der Waals surface area contributed by atoms with E-state index in [4.69, 9.17) is 4.74 Å². The van der Waals surface area contributed by atoms with Crippen LogP contribution in [0.2, 0.25) is 0 Å². The van der Waals surface area contributed by atoms with Crippen LogP contribution in [0, 0.1) is 21.4 Å². The van der Waals surface area contributed by atoms with E-state index in [1.54, 1.807) is 18.2 Å². The average Bonchev–Trinajstić information content (AvgIpc) is 2.64. The highest BCUT2D eigenvalue weighted by Gasteiger charge is 2.07. The number of non-ortho nitro benzene ring substituents is 1. The summed E-state index contributed by atoms with van der Waals surface area (Å²) in [6.45, 7) is 2.86. The number of nitro groups is 1. The summed E-state index contributed by atoms with van der Waals surface area (Å²) in [5, 5.41) is 20.1. The summed E-state index contributed by atoms with van der Waals surface area (Å²) in [7, 11) is 0. The molecule has 0 aliphatic carbocycles. The van der Waals surface area contributed by atoms with Crippen LogP contribution in [0.3, 0.4) is 0 Å². The minimum Gasteiger partial charge on any atom is -0.494 e. The first-order chi connectivity index (χ1) is 12.1. The maximum absolute atomic E-state index is 10.7. The van der Waals surface area contributed by atoms with E-state index in [0.717, 1.165) is 30.6 Å². The number of nitrogens with zero attached hydrogens (tertiary/aromatic N) is 2. The number of nitro benzene ring substituents is 1. The SMILES string of the molecule is CCCCCOc1ccc(C=C(C#N)c2ccc([N+](=O)[O-])cc2)cc1. The third-order valence-corrected chi connectivity index (χ3v) is 3.72. The fourth-order valence-corrected chi connectivity index (χ4v) is 2.31. The molecule has 2 aromatic carbocycles. The summed E-state index contributed by atoms with van der Waals surface area (Å²) < 4.78 is 5.67. The molecule has 2 aromatic rings. The fourth-order valence-electron chi connectivity index (χ4n) is 2.31. The van der Waals surface area contributed by atoms with Gasteiger partial charge in [0.2, 0.25) is 0 Å². The van der Waals surface area contributed by atoms with Gasteiger partial charge in [-0.1, -0.05) is 31.9 Å². The van der Waals surface area contributed by atoms with E-state index in [2.05, 4.69) is 13.0 Å². The second kappa shape index (κ2) is 9.24. The Morgan fingerprint density at radius 3 is 2.40 bits per heavy atom. The predicted molar refractivity (Wildman–Crippen MR) is 98.0 cm³/mol. The monoisotopic (exact) mass is 336 g/mol. The summed E-state index contributed by atoms with van der Waals surface area (Å²) in [4.78, 5) is 10.2. The predicted octanol–water partition coefficient (Wildman–Crippen LogP) is 5.23. The number of ether oxygens (including phenoxy) is 1. The van der Waals surface area contributed by atoms with Gasteiger partial charge in [-0.05, 0) is 47.9 Å². The first-order valence-electron chi connectivity index (χ1n) is 8.23. The summed E-state index contributed by atoms with van der Waals surface area (Å²) in [5.74, 6) is 0.807. The molecule has 0 bridgehead atoms. The van der Waals surface area contributed by atoms with Crippen molar-refractivity contribution in [3.8, 4) is 11.8 Å². The highest BCUT2D eigenvalue weighted by atomic mass is 16.6. The standard InChI is InChI=1S/C20H20N2O3/c1-2-3-4-13-25-20-11-5-16(6-12-20)14-18(15-21)17-7-9-19(10-8-17)22(23)24/h5-12,14H,2-4,13H2,1H3. The lowest BCUT2D eigenvalue weighted by Gasteiger charge is -2.06. The summed E-state index contributed by atoms with van der Waals surface area (Å²) in [6.07, 6.45) is 5.10. The molecular weight excluding hydrogens is 316 g/mol. The van der Waals surface area contributed by atoms with E-state index in [0.29, 0.717) is 17.7 Å². The fraction of sp³-hybridized carbons (Fsp3) is 0.250. The van der Waals surface area contributed by atoms with E-state index in [1.807, 2.05) is 24.3 Å². The first-order valence-corrected chi connectivity index (χ1v) is 8.23. The lowest BCUT2D eigenvalue weighted by atomic mass is 10.0. The Labute approximate surface area is 147 Å². The minimum atomic E-state index is -0.460. The van der Waals surface area contributed by atoms with E-state index in [9.17, 15) is 15.4 Å². The molecule has 5 heteroatoms. The zero-order valence-corrected chi connectivity index (χ0v) is 14.1. The molecule has 0 unspecified atom stereocenters. The van der Waals surface area contributed by atoms with Crippen molar-refractivity contribution >= 4 is 17.3 Å². The normalized spacial score (nSPS) is 11.0. The zero-order valence-electron chi connectivity index (χ0n) is 14.1. The van der Waals surface area contributed by atoms with Crippen LogP contribution in [0.25, 0.3) is 11.6 Å². The Hall–Kier alpha value is -3.13. The third-order valence-electron chi connectivity index (χ3n) is 3.72. The van der Waals surface area contributed by atoms with Crippen molar-refractivity contribution in [3.05, 3.63) is 69.8 Å². The largest absolute Gasteiger partial charge is 0.494 e. The van der Waals surface area contributed by atoms with Crippen molar-refractivity contribution in [2.24, 2.45) is 0 Å². The van der Waals surface area contributed by atoms with Gasteiger partial charge in [-0.25, -0.2) is 0 Å². The Morgan fingerprint density at radius 1 is 1.16 bits per heavy atom. The van der Waals surface area contributed by atoms with E-state index in [-0.39, 0.29) is 5.69 Å². The zero-order chi connectivity index (χ0) is 18.1.